The van der Waals surface area contributed by atoms with E-state index in [-0.39, 0.29) is 11.9 Å². The number of hydrogen-bond acceptors (Lipinski definition) is 2. The van der Waals surface area contributed by atoms with Gasteiger partial charge in [-0.3, -0.25) is 4.79 Å². The molecule has 0 aliphatic heterocycles. The highest BCUT2D eigenvalue weighted by Crippen LogP contribution is 2.13. The summed E-state index contributed by atoms with van der Waals surface area (Å²) in [5.74, 6) is 0.137. The van der Waals surface area contributed by atoms with Crippen molar-refractivity contribution in [2.24, 2.45) is 0 Å². The van der Waals surface area contributed by atoms with Gasteiger partial charge in [0.2, 0.25) is 0 Å². The summed E-state index contributed by atoms with van der Waals surface area (Å²) in [6.45, 7) is 1.95. The molecule has 0 aromatic heterocycles. The third-order valence-corrected chi connectivity index (χ3v) is 2.78. The Bertz CT molecular complexity index is 332. The van der Waals surface area contributed by atoms with Crippen molar-refractivity contribution >= 4 is 21.7 Å². The summed E-state index contributed by atoms with van der Waals surface area (Å²) in [5, 5.41) is 0. The van der Waals surface area contributed by atoms with Crippen molar-refractivity contribution in [1.82, 2.24) is 0 Å². The van der Waals surface area contributed by atoms with Gasteiger partial charge < -0.3 is 4.74 Å². The third kappa shape index (κ3) is 3.76. The summed E-state index contributed by atoms with van der Waals surface area (Å²) in [7, 11) is 1.58. The van der Waals surface area contributed by atoms with Crippen LogP contribution in [0.15, 0.2) is 28.7 Å². The van der Waals surface area contributed by atoms with E-state index < -0.39 is 0 Å². The van der Waals surface area contributed by atoms with Crippen molar-refractivity contribution in [2.75, 3.05) is 7.11 Å². The number of hydrogen-bond donors (Lipinski definition) is 0. The zero-order valence-corrected chi connectivity index (χ0v) is 10.6. The SMILES string of the molecule is CCC(OC)C(=O)Cc1cccc(Br)c1. The summed E-state index contributed by atoms with van der Waals surface area (Å²) < 4.78 is 6.10. The van der Waals surface area contributed by atoms with Gasteiger partial charge in [0.25, 0.3) is 0 Å². The lowest BCUT2D eigenvalue weighted by molar-refractivity contribution is -0.128. The van der Waals surface area contributed by atoms with E-state index in [1.807, 2.05) is 31.2 Å². The van der Waals surface area contributed by atoms with Crippen LogP contribution in [0.3, 0.4) is 0 Å². The van der Waals surface area contributed by atoms with Gasteiger partial charge in [-0.15, -0.1) is 0 Å². The van der Waals surface area contributed by atoms with Crippen LogP contribution in [0.4, 0.5) is 0 Å². The lowest BCUT2D eigenvalue weighted by atomic mass is 10.0. The maximum Gasteiger partial charge on any atom is 0.165 e. The van der Waals surface area contributed by atoms with Crippen molar-refractivity contribution in [2.45, 2.75) is 25.9 Å². The van der Waals surface area contributed by atoms with Crippen LogP contribution in [0.5, 0.6) is 0 Å². The number of carbonyl (C=O) groups is 1. The molecule has 1 unspecified atom stereocenters. The number of halogens is 1. The number of rotatable bonds is 5. The lowest BCUT2D eigenvalue weighted by Crippen LogP contribution is -2.23. The van der Waals surface area contributed by atoms with Crippen LogP contribution in [0, 0.1) is 0 Å². The van der Waals surface area contributed by atoms with Crippen LogP contribution in [0.1, 0.15) is 18.9 Å². The molecular weight excluding hydrogens is 256 g/mol. The van der Waals surface area contributed by atoms with Crippen molar-refractivity contribution < 1.29 is 9.53 Å². The molecule has 0 radical (unpaired) electrons. The Hall–Kier alpha value is -0.670. The number of methoxy groups -OCH3 is 1. The van der Waals surface area contributed by atoms with Gasteiger partial charge in [0.1, 0.15) is 6.10 Å². The van der Waals surface area contributed by atoms with Gasteiger partial charge in [-0.25, -0.2) is 0 Å². The molecule has 0 aliphatic rings. The van der Waals surface area contributed by atoms with E-state index in [0.29, 0.717) is 6.42 Å². The highest BCUT2D eigenvalue weighted by Gasteiger charge is 2.15. The normalized spacial score (nSPS) is 12.5. The Labute approximate surface area is 98.8 Å². The van der Waals surface area contributed by atoms with E-state index in [1.54, 1.807) is 7.11 Å². The third-order valence-electron chi connectivity index (χ3n) is 2.28. The molecule has 1 atom stereocenters. The standard InChI is InChI=1S/C12H15BrO2/c1-3-12(15-2)11(14)8-9-5-4-6-10(13)7-9/h4-7,12H,3,8H2,1-2H3. The Balaban J connectivity index is 2.65. The van der Waals surface area contributed by atoms with E-state index in [2.05, 4.69) is 15.9 Å². The summed E-state index contributed by atoms with van der Waals surface area (Å²) in [6.07, 6.45) is 0.888. The molecule has 1 aromatic carbocycles. The molecule has 1 rings (SSSR count). The molecule has 0 spiro atoms. The van der Waals surface area contributed by atoms with Crippen molar-refractivity contribution in [3.05, 3.63) is 34.3 Å². The number of ether oxygens (including phenoxy) is 1. The number of ketones is 1. The van der Waals surface area contributed by atoms with Gasteiger partial charge in [0.05, 0.1) is 0 Å². The molecule has 15 heavy (non-hydrogen) atoms. The fourth-order valence-corrected chi connectivity index (χ4v) is 1.93. The summed E-state index contributed by atoms with van der Waals surface area (Å²) in [6, 6.07) is 7.79. The highest BCUT2D eigenvalue weighted by atomic mass is 79.9. The van der Waals surface area contributed by atoms with Crippen molar-refractivity contribution in [3.63, 3.8) is 0 Å². The summed E-state index contributed by atoms with van der Waals surface area (Å²) in [5.41, 5.74) is 1.02. The minimum Gasteiger partial charge on any atom is -0.374 e. The monoisotopic (exact) mass is 270 g/mol. The predicted molar refractivity (Wildman–Crippen MR) is 63.9 cm³/mol. The second-order valence-corrected chi connectivity index (χ2v) is 4.32. The van der Waals surface area contributed by atoms with Crippen LogP contribution in [0.2, 0.25) is 0 Å². The van der Waals surface area contributed by atoms with Gasteiger partial charge >= 0.3 is 0 Å². The molecular formula is C12H15BrO2. The molecule has 0 fully saturated rings. The minimum absolute atomic E-state index is 0.137. The first-order chi connectivity index (χ1) is 7.17. The molecule has 2 nitrogen and oxygen atoms in total. The molecule has 0 saturated heterocycles. The maximum atomic E-state index is 11.7. The molecule has 0 aliphatic carbocycles. The second kappa shape index (κ2) is 6.03. The number of carbonyl (C=O) groups excluding carboxylic acids is 1. The molecule has 1 aromatic rings. The fourth-order valence-electron chi connectivity index (χ4n) is 1.49. The van der Waals surface area contributed by atoms with Crippen LogP contribution >= 0.6 is 15.9 Å². The summed E-state index contributed by atoms with van der Waals surface area (Å²) >= 11 is 3.38. The topological polar surface area (TPSA) is 26.3 Å². The number of benzene rings is 1. The summed E-state index contributed by atoms with van der Waals surface area (Å²) in [4.78, 5) is 11.7. The molecule has 0 heterocycles. The van der Waals surface area contributed by atoms with E-state index in [9.17, 15) is 4.79 Å². The lowest BCUT2D eigenvalue weighted by Gasteiger charge is -2.11. The van der Waals surface area contributed by atoms with Gasteiger partial charge in [0.15, 0.2) is 5.78 Å². The Morgan fingerprint density at radius 1 is 1.53 bits per heavy atom. The minimum atomic E-state index is -0.274. The molecule has 0 N–H and O–H groups in total. The predicted octanol–water partition coefficient (Wildman–Crippen LogP) is 2.99. The molecule has 0 amide bonds. The zero-order valence-electron chi connectivity index (χ0n) is 9.00. The molecule has 3 heteroatoms. The largest absolute Gasteiger partial charge is 0.374 e. The van der Waals surface area contributed by atoms with Crippen molar-refractivity contribution in [1.29, 1.82) is 0 Å². The average molecular weight is 271 g/mol. The van der Waals surface area contributed by atoms with Crippen LogP contribution in [0.25, 0.3) is 0 Å². The van der Waals surface area contributed by atoms with Crippen LogP contribution in [-0.2, 0) is 16.0 Å². The second-order valence-electron chi connectivity index (χ2n) is 3.41. The Morgan fingerprint density at radius 2 is 2.27 bits per heavy atom. The first-order valence-electron chi connectivity index (χ1n) is 4.97. The van der Waals surface area contributed by atoms with Gasteiger partial charge in [-0.1, -0.05) is 35.0 Å². The maximum absolute atomic E-state index is 11.7. The van der Waals surface area contributed by atoms with Crippen molar-refractivity contribution in [3.8, 4) is 0 Å². The van der Waals surface area contributed by atoms with E-state index in [0.717, 1.165) is 16.5 Å². The van der Waals surface area contributed by atoms with Gasteiger partial charge in [-0.2, -0.15) is 0 Å². The van der Waals surface area contributed by atoms with Crippen LogP contribution in [-0.4, -0.2) is 19.0 Å². The van der Waals surface area contributed by atoms with Gasteiger partial charge in [0, 0.05) is 18.0 Å². The zero-order chi connectivity index (χ0) is 11.3. The fraction of sp³-hybridized carbons (Fsp3) is 0.417. The molecule has 0 saturated carbocycles. The highest BCUT2D eigenvalue weighted by molar-refractivity contribution is 9.10. The molecule has 82 valence electrons. The Morgan fingerprint density at radius 3 is 2.80 bits per heavy atom. The van der Waals surface area contributed by atoms with Crippen LogP contribution < -0.4 is 0 Å². The van der Waals surface area contributed by atoms with E-state index >= 15 is 0 Å². The van der Waals surface area contributed by atoms with Gasteiger partial charge in [-0.05, 0) is 24.1 Å². The smallest absolute Gasteiger partial charge is 0.165 e. The van der Waals surface area contributed by atoms with E-state index in [4.69, 9.17) is 4.74 Å². The molecule has 0 bridgehead atoms. The Kier molecular flexibility index (Phi) is 4.99. The van der Waals surface area contributed by atoms with E-state index in [1.165, 1.54) is 0 Å². The first-order valence-corrected chi connectivity index (χ1v) is 5.76. The first kappa shape index (κ1) is 12.4. The number of Topliss-reactive ketones (excluding diaryl/α,β-unsaturated/α-hetero) is 1. The quantitative estimate of drug-likeness (QED) is 0.823. The average Bonchev–Trinajstić information content (AvgIpc) is 2.19.